The van der Waals surface area contributed by atoms with Crippen molar-refractivity contribution in [2.75, 3.05) is 0 Å². The molecule has 0 amide bonds. The summed E-state index contributed by atoms with van der Waals surface area (Å²) < 4.78 is 27.1. The predicted molar refractivity (Wildman–Crippen MR) is 95.0 cm³/mol. The molecule has 0 heterocycles. The molecule has 0 saturated heterocycles. The Bertz CT molecular complexity index is 995. The second-order valence-corrected chi connectivity index (χ2v) is 7.90. The number of fused-ring (bicyclic) bond motifs is 5. The van der Waals surface area contributed by atoms with Crippen molar-refractivity contribution in [1.29, 1.82) is 0 Å². The lowest BCUT2D eigenvalue weighted by atomic mass is 9.74. The number of hydrogen-bond acceptors (Lipinski definition) is 4. The van der Waals surface area contributed by atoms with Crippen molar-refractivity contribution in [1.82, 2.24) is 0 Å². The molecule has 0 aliphatic heterocycles. The van der Waals surface area contributed by atoms with Crippen molar-refractivity contribution in [3.05, 3.63) is 52.6 Å². The van der Waals surface area contributed by atoms with Crippen LogP contribution in [0.3, 0.4) is 0 Å². The van der Waals surface area contributed by atoms with Crippen LogP contribution in [-0.4, -0.2) is 14.2 Å². The summed E-state index contributed by atoms with van der Waals surface area (Å²) in [5.41, 5.74) is 5.98. The molecule has 0 bridgehead atoms. The first kappa shape index (κ1) is 16.3. The fourth-order valence-electron chi connectivity index (χ4n) is 4.02. The highest BCUT2D eigenvalue weighted by Crippen LogP contribution is 2.44. The standard InChI is InChI=1S/C19H19NO4S/c1-11-17-10-13(24-25(20,22)23)7-9-15(17)16-8-6-12-4-2-3-5-14(12)18(16)19(11)21/h6-11H,2-5H2,1H3,(H2,20,22,23). The number of carbonyl (C=O) groups is 1. The highest BCUT2D eigenvalue weighted by Gasteiger charge is 2.33. The van der Waals surface area contributed by atoms with Gasteiger partial charge in [0.1, 0.15) is 5.75 Å². The zero-order valence-corrected chi connectivity index (χ0v) is 14.7. The van der Waals surface area contributed by atoms with Crippen molar-refractivity contribution in [3.63, 3.8) is 0 Å². The van der Waals surface area contributed by atoms with Crippen LogP contribution in [0.15, 0.2) is 30.3 Å². The van der Waals surface area contributed by atoms with Crippen LogP contribution in [0, 0.1) is 0 Å². The van der Waals surface area contributed by atoms with Gasteiger partial charge in [0.15, 0.2) is 5.78 Å². The molecule has 1 atom stereocenters. The van der Waals surface area contributed by atoms with Gasteiger partial charge in [0.2, 0.25) is 0 Å². The topological polar surface area (TPSA) is 86.5 Å². The van der Waals surface area contributed by atoms with E-state index in [-0.39, 0.29) is 17.5 Å². The molecular weight excluding hydrogens is 338 g/mol. The van der Waals surface area contributed by atoms with E-state index in [1.54, 1.807) is 12.1 Å². The van der Waals surface area contributed by atoms with Crippen molar-refractivity contribution in [2.45, 2.75) is 38.5 Å². The Balaban J connectivity index is 1.90. The molecule has 130 valence electrons. The van der Waals surface area contributed by atoms with Crippen LogP contribution in [0.5, 0.6) is 5.75 Å². The number of benzene rings is 2. The van der Waals surface area contributed by atoms with Crippen LogP contribution in [0.2, 0.25) is 0 Å². The first-order valence-electron chi connectivity index (χ1n) is 8.40. The number of nitrogens with two attached hydrogens (primary N) is 1. The summed E-state index contributed by atoms with van der Waals surface area (Å²) in [6.45, 7) is 1.85. The molecule has 0 saturated carbocycles. The van der Waals surface area contributed by atoms with E-state index in [9.17, 15) is 13.2 Å². The Morgan fingerprint density at radius 2 is 1.80 bits per heavy atom. The molecule has 2 aliphatic rings. The van der Waals surface area contributed by atoms with Gasteiger partial charge in [-0.15, -0.1) is 0 Å². The summed E-state index contributed by atoms with van der Waals surface area (Å²) in [7, 11) is -4.09. The minimum absolute atomic E-state index is 0.0917. The number of rotatable bonds is 2. The molecule has 1 unspecified atom stereocenters. The van der Waals surface area contributed by atoms with E-state index in [1.165, 1.54) is 17.5 Å². The quantitative estimate of drug-likeness (QED) is 0.895. The molecule has 25 heavy (non-hydrogen) atoms. The molecule has 5 nitrogen and oxygen atoms in total. The normalized spacial score (nSPS) is 19.0. The molecule has 6 heteroatoms. The Kier molecular flexibility index (Phi) is 3.70. The van der Waals surface area contributed by atoms with E-state index >= 15 is 0 Å². The predicted octanol–water partition coefficient (Wildman–Crippen LogP) is 3.11. The first-order chi connectivity index (χ1) is 11.8. The fourth-order valence-corrected chi connectivity index (χ4v) is 4.39. The largest absolute Gasteiger partial charge is 0.380 e. The van der Waals surface area contributed by atoms with Gasteiger partial charge in [-0.25, -0.2) is 0 Å². The summed E-state index contributed by atoms with van der Waals surface area (Å²) in [5, 5.41) is 4.94. The lowest BCUT2D eigenvalue weighted by Crippen LogP contribution is -2.22. The van der Waals surface area contributed by atoms with E-state index < -0.39 is 10.3 Å². The zero-order chi connectivity index (χ0) is 17.8. The Morgan fingerprint density at radius 1 is 1.08 bits per heavy atom. The number of Topliss-reactive ketones (excluding diaryl/α,β-unsaturated/α-hetero) is 1. The maximum Gasteiger partial charge on any atom is 0.380 e. The van der Waals surface area contributed by atoms with E-state index in [2.05, 4.69) is 6.07 Å². The second-order valence-electron chi connectivity index (χ2n) is 6.74. The van der Waals surface area contributed by atoms with E-state index in [0.29, 0.717) is 0 Å². The first-order valence-corrected chi connectivity index (χ1v) is 9.88. The third-order valence-corrected chi connectivity index (χ3v) is 5.59. The monoisotopic (exact) mass is 357 g/mol. The van der Waals surface area contributed by atoms with Gasteiger partial charge in [0.05, 0.1) is 0 Å². The third-order valence-electron chi connectivity index (χ3n) is 5.16. The van der Waals surface area contributed by atoms with Crippen LogP contribution in [0.1, 0.15) is 52.7 Å². The van der Waals surface area contributed by atoms with Crippen LogP contribution in [0.4, 0.5) is 0 Å². The van der Waals surface area contributed by atoms with Crippen molar-refractivity contribution >= 4 is 16.1 Å². The summed E-state index contributed by atoms with van der Waals surface area (Å²) in [5.74, 6) is -0.128. The molecule has 2 aromatic carbocycles. The highest BCUT2D eigenvalue weighted by atomic mass is 32.2. The molecule has 0 radical (unpaired) electrons. The summed E-state index contributed by atoms with van der Waals surface area (Å²) in [6, 6.07) is 9.13. The van der Waals surface area contributed by atoms with Crippen LogP contribution < -0.4 is 9.32 Å². The van der Waals surface area contributed by atoms with Gasteiger partial charge in [0, 0.05) is 11.5 Å². The Hall–Kier alpha value is -2.18. The van der Waals surface area contributed by atoms with Crippen LogP contribution in [0.25, 0.3) is 11.1 Å². The zero-order valence-electron chi connectivity index (χ0n) is 13.9. The van der Waals surface area contributed by atoms with Gasteiger partial charge in [-0.3, -0.25) is 4.79 Å². The fraction of sp³-hybridized carbons (Fsp3) is 0.316. The van der Waals surface area contributed by atoms with Crippen LogP contribution in [-0.2, 0) is 23.1 Å². The number of carbonyl (C=O) groups excluding carboxylic acids is 1. The molecule has 0 aromatic heterocycles. The van der Waals surface area contributed by atoms with Gasteiger partial charge in [-0.2, -0.15) is 13.6 Å². The lowest BCUT2D eigenvalue weighted by molar-refractivity contribution is 0.0963. The molecule has 2 aromatic rings. The highest BCUT2D eigenvalue weighted by molar-refractivity contribution is 7.84. The molecule has 2 aliphatic carbocycles. The Morgan fingerprint density at radius 3 is 2.56 bits per heavy atom. The molecule has 0 spiro atoms. The SMILES string of the molecule is CC1C(=O)c2c(ccc3c2CCCC3)-c2ccc(OS(N)(=O)=O)cc21. The summed E-state index contributed by atoms with van der Waals surface area (Å²) in [6.07, 6.45) is 4.25. The lowest BCUT2D eigenvalue weighted by Gasteiger charge is -2.29. The maximum absolute atomic E-state index is 13.1. The minimum atomic E-state index is -4.09. The molecular formula is C19H19NO4S. The van der Waals surface area contributed by atoms with Gasteiger partial charge in [-0.1, -0.05) is 25.1 Å². The smallest absolute Gasteiger partial charge is 0.371 e. The van der Waals surface area contributed by atoms with E-state index in [4.69, 9.17) is 9.32 Å². The van der Waals surface area contributed by atoms with E-state index in [0.717, 1.165) is 41.5 Å². The minimum Gasteiger partial charge on any atom is -0.371 e. The van der Waals surface area contributed by atoms with Gasteiger partial charge in [-0.05, 0) is 65.6 Å². The summed E-state index contributed by atoms with van der Waals surface area (Å²) >= 11 is 0. The average Bonchev–Trinajstić information content (AvgIpc) is 2.57. The third kappa shape index (κ3) is 2.75. The van der Waals surface area contributed by atoms with Gasteiger partial charge < -0.3 is 4.18 Å². The Labute approximate surface area is 147 Å². The molecule has 2 N–H and O–H groups in total. The van der Waals surface area contributed by atoms with Crippen molar-refractivity contribution in [3.8, 4) is 16.9 Å². The van der Waals surface area contributed by atoms with Gasteiger partial charge in [0.25, 0.3) is 0 Å². The summed E-state index contributed by atoms with van der Waals surface area (Å²) in [4.78, 5) is 13.1. The van der Waals surface area contributed by atoms with E-state index in [1.807, 2.05) is 19.1 Å². The average molecular weight is 357 g/mol. The van der Waals surface area contributed by atoms with Crippen molar-refractivity contribution < 1.29 is 17.4 Å². The van der Waals surface area contributed by atoms with Crippen molar-refractivity contribution in [2.24, 2.45) is 5.14 Å². The second kappa shape index (κ2) is 5.68. The van der Waals surface area contributed by atoms with Gasteiger partial charge >= 0.3 is 10.3 Å². The van der Waals surface area contributed by atoms with Crippen LogP contribution >= 0.6 is 0 Å². The molecule has 0 fully saturated rings. The maximum atomic E-state index is 13.1. The number of hydrogen-bond donors (Lipinski definition) is 1. The molecule has 4 rings (SSSR count). The number of ketones is 1. The number of aryl methyl sites for hydroxylation is 1.